The average molecular weight is 266 g/mol. The summed E-state index contributed by atoms with van der Waals surface area (Å²) in [5.41, 5.74) is 0.867. The maximum Gasteiger partial charge on any atom is 0.263 e. The van der Waals surface area contributed by atoms with Gasteiger partial charge in [-0.3, -0.25) is 9.89 Å². The third-order valence-corrected chi connectivity index (χ3v) is 2.49. The van der Waals surface area contributed by atoms with Crippen LogP contribution in [0, 0.1) is 6.92 Å². The average Bonchev–Trinajstić information content (AvgIpc) is 2.73. The summed E-state index contributed by atoms with van der Waals surface area (Å²) in [5, 5.41) is 9.72. The highest BCUT2D eigenvalue weighted by atomic mass is 35.5. The van der Waals surface area contributed by atoms with Gasteiger partial charge in [-0.2, -0.15) is 5.10 Å². The fourth-order valence-corrected chi connectivity index (χ4v) is 1.53. The molecule has 1 amide bonds. The lowest BCUT2D eigenvalue weighted by atomic mass is 10.3. The lowest BCUT2D eigenvalue weighted by molar-refractivity contribution is -0.118. The van der Waals surface area contributed by atoms with Crippen LogP contribution in [0.4, 0.5) is 5.82 Å². The lowest BCUT2D eigenvalue weighted by Crippen LogP contribution is -2.20. The number of anilines is 1. The second-order valence-electron chi connectivity index (χ2n) is 3.72. The van der Waals surface area contributed by atoms with Crippen molar-refractivity contribution in [3.63, 3.8) is 0 Å². The molecular formula is C12H12ClN3O2. The molecule has 0 aliphatic heterocycles. The maximum absolute atomic E-state index is 11.6. The number of hydrogen-bond acceptors (Lipinski definition) is 3. The summed E-state index contributed by atoms with van der Waals surface area (Å²) >= 11 is 5.80. The predicted molar refractivity (Wildman–Crippen MR) is 68.9 cm³/mol. The zero-order valence-electron chi connectivity index (χ0n) is 9.74. The van der Waals surface area contributed by atoms with Crippen molar-refractivity contribution >= 4 is 23.3 Å². The van der Waals surface area contributed by atoms with Gasteiger partial charge in [-0.1, -0.05) is 17.7 Å². The minimum absolute atomic E-state index is 0.0845. The second-order valence-corrected chi connectivity index (χ2v) is 4.16. The lowest BCUT2D eigenvalue weighted by Gasteiger charge is -2.06. The number of carbonyl (C=O) groups is 1. The Balaban J connectivity index is 1.87. The van der Waals surface area contributed by atoms with E-state index >= 15 is 0 Å². The molecule has 6 heteroatoms. The largest absolute Gasteiger partial charge is 0.484 e. The van der Waals surface area contributed by atoms with E-state index in [1.165, 1.54) is 0 Å². The number of amides is 1. The number of aromatic amines is 1. The second kappa shape index (κ2) is 5.55. The number of ether oxygens (including phenoxy) is 1. The molecule has 94 valence electrons. The molecule has 0 saturated heterocycles. The van der Waals surface area contributed by atoms with Crippen LogP contribution in [0.15, 0.2) is 30.5 Å². The van der Waals surface area contributed by atoms with Gasteiger partial charge in [0.1, 0.15) is 11.6 Å². The van der Waals surface area contributed by atoms with Crippen molar-refractivity contribution in [2.45, 2.75) is 6.92 Å². The third-order valence-electron chi connectivity index (χ3n) is 2.26. The molecule has 1 aromatic carbocycles. The molecule has 2 rings (SSSR count). The van der Waals surface area contributed by atoms with Crippen LogP contribution in [0.2, 0.25) is 5.02 Å². The van der Waals surface area contributed by atoms with E-state index in [9.17, 15) is 4.79 Å². The number of halogens is 1. The van der Waals surface area contributed by atoms with Crippen molar-refractivity contribution in [1.29, 1.82) is 0 Å². The molecular weight excluding hydrogens is 254 g/mol. The summed E-state index contributed by atoms with van der Waals surface area (Å²) in [6, 6.07) is 6.88. The van der Waals surface area contributed by atoms with E-state index in [2.05, 4.69) is 15.5 Å². The van der Waals surface area contributed by atoms with E-state index in [0.717, 1.165) is 5.56 Å². The smallest absolute Gasteiger partial charge is 0.263 e. The SMILES string of the molecule is Cc1cn[nH]c1NC(=O)COc1cccc(Cl)c1. The molecule has 18 heavy (non-hydrogen) atoms. The van der Waals surface area contributed by atoms with Crippen LogP contribution in [0.5, 0.6) is 5.75 Å². The number of hydrogen-bond donors (Lipinski definition) is 2. The number of H-pyrrole nitrogens is 1. The molecule has 0 atom stereocenters. The monoisotopic (exact) mass is 265 g/mol. The quantitative estimate of drug-likeness (QED) is 0.892. The van der Waals surface area contributed by atoms with Gasteiger partial charge < -0.3 is 10.1 Å². The standard InChI is InChI=1S/C12H12ClN3O2/c1-8-6-14-16-12(8)15-11(17)7-18-10-4-2-3-9(13)5-10/h2-6H,7H2,1H3,(H2,14,15,16,17). The molecule has 5 nitrogen and oxygen atoms in total. The fourth-order valence-electron chi connectivity index (χ4n) is 1.35. The minimum Gasteiger partial charge on any atom is -0.484 e. The van der Waals surface area contributed by atoms with E-state index in [1.807, 2.05) is 6.92 Å². The summed E-state index contributed by atoms with van der Waals surface area (Å²) in [6.45, 7) is 1.76. The highest BCUT2D eigenvalue weighted by Gasteiger charge is 2.07. The zero-order chi connectivity index (χ0) is 13.0. The van der Waals surface area contributed by atoms with Crippen LogP contribution >= 0.6 is 11.6 Å². The molecule has 1 aromatic heterocycles. The Bertz CT molecular complexity index is 554. The van der Waals surface area contributed by atoms with Crippen molar-refractivity contribution in [3.05, 3.63) is 41.0 Å². The van der Waals surface area contributed by atoms with Crippen molar-refractivity contribution in [1.82, 2.24) is 10.2 Å². The van der Waals surface area contributed by atoms with E-state index in [0.29, 0.717) is 16.6 Å². The number of benzene rings is 1. The van der Waals surface area contributed by atoms with Crippen molar-refractivity contribution in [2.75, 3.05) is 11.9 Å². The van der Waals surface area contributed by atoms with Gasteiger partial charge in [0.05, 0.1) is 6.20 Å². The first-order valence-corrected chi connectivity index (χ1v) is 5.71. The molecule has 0 spiro atoms. The minimum atomic E-state index is -0.262. The number of rotatable bonds is 4. The van der Waals surface area contributed by atoms with Crippen LogP contribution in [-0.4, -0.2) is 22.7 Å². The molecule has 0 aliphatic carbocycles. The molecule has 2 aromatic rings. The summed E-state index contributed by atoms with van der Waals surface area (Å²) in [6.07, 6.45) is 1.63. The summed E-state index contributed by atoms with van der Waals surface area (Å²) < 4.78 is 5.31. The van der Waals surface area contributed by atoms with Crippen LogP contribution < -0.4 is 10.1 Å². The van der Waals surface area contributed by atoms with Gasteiger partial charge in [-0.15, -0.1) is 0 Å². The van der Waals surface area contributed by atoms with Gasteiger partial charge >= 0.3 is 0 Å². The van der Waals surface area contributed by atoms with Gasteiger partial charge in [-0.25, -0.2) is 0 Å². The van der Waals surface area contributed by atoms with Crippen molar-refractivity contribution in [3.8, 4) is 5.75 Å². The van der Waals surface area contributed by atoms with Gasteiger partial charge in [0, 0.05) is 10.6 Å². The molecule has 0 saturated carbocycles. The maximum atomic E-state index is 11.6. The van der Waals surface area contributed by atoms with Gasteiger partial charge in [-0.05, 0) is 25.1 Å². The van der Waals surface area contributed by atoms with Gasteiger partial charge in [0.25, 0.3) is 5.91 Å². The number of aryl methyl sites for hydroxylation is 1. The fraction of sp³-hybridized carbons (Fsp3) is 0.167. The van der Waals surface area contributed by atoms with Crippen molar-refractivity contribution in [2.24, 2.45) is 0 Å². The Labute approximate surface area is 109 Å². The third kappa shape index (κ3) is 3.24. The zero-order valence-corrected chi connectivity index (χ0v) is 10.5. The normalized spacial score (nSPS) is 10.1. The Morgan fingerprint density at radius 1 is 1.56 bits per heavy atom. The molecule has 0 aliphatic rings. The Morgan fingerprint density at radius 2 is 2.39 bits per heavy atom. The van der Waals surface area contributed by atoms with Gasteiger partial charge in [0.15, 0.2) is 6.61 Å². The molecule has 2 N–H and O–H groups in total. The highest BCUT2D eigenvalue weighted by Crippen LogP contribution is 2.17. The Kier molecular flexibility index (Phi) is 3.84. The van der Waals surface area contributed by atoms with Crippen LogP contribution in [0.25, 0.3) is 0 Å². The number of nitrogens with one attached hydrogen (secondary N) is 2. The molecule has 1 heterocycles. The first-order chi connectivity index (χ1) is 8.65. The topological polar surface area (TPSA) is 67.0 Å². The van der Waals surface area contributed by atoms with E-state index in [1.54, 1.807) is 30.5 Å². The predicted octanol–water partition coefficient (Wildman–Crippen LogP) is 2.39. The Morgan fingerprint density at radius 3 is 3.06 bits per heavy atom. The van der Waals surface area contributed by atoms with Crippen molar-refractivity contribution < 1.29 is 9.53 Å². The van der Waals surface area contributed by atoms with Crippen LogP contribution in [0.3, 0.4) is 0 Å². The van der Waals surface area contributed by atoms with E-state index < -0.39 is 0 Å². The highest BCUT2D eigenvalue weighted by molar-refractivity contribution is 6.30. The van der Waals surface area contributed by atoms with E-state index in [4.69, 9.17) is 16.3 Å². The first-order valence-electron chi connectivity index (χ1n) is 5.33. The summed E-state index contributed by atoms with van der Waals surface area (Å²) in [5.74, 6) is 0.871. The molecule has 0 fully saturated rings. The Hall–Kier alpha value is -2.01. The van der Waals surface area contributed by atoms with Crippen LogP contribution in [0.1, 0.15) is 5.56 Å². The number of carbonyl (C=O) groups excluding carboxylic acids is 1. The number of nitrogens with zero attached hydrogens (tertiary/aromatic N) is 1. The number of aromatic nitrogens is 2. The molecule has 0 radical (unpaired) electrons. The summed E-state index contributed by atoms with van der Waals surface area (Å²) in [4.78, 5) is 11.6. The molecule has 0 bridgehead atoms. The van der Waals surface area contributed by atoms with Gasteiger partial charge in [0.2, 0.25) is 0 Å². The summed E-state index contributed by atoms with van der Waals surface area (Å²) in [7, 11) is 0. The first kappa shape index (κ1) is 12.4. The van der Waals surface area contributed by atoms with Crippen LogP contribution in [-0.2, 0) is 4.79 Å². The molecule has 0 unspecified atom stereocenters. The van der Waals surface area contributed by atoms with E-state index in [-0.39, 0.29) is 12.5 Å².